The Kier molecular flexibility index (Phi) is 6.55. The molecule has 0 aliphatic carbocycles. The quantitative estimate of drug-likeness (QED) is 0.556. The average molecular weight is 468 g/mol. The topological polar surface area (TPSA) is 102 Å². The summed E-state index contributed by atoms with van der Waals surface area (Å²) in [5.41, 5.74) is 7.70. The van der Waals surface area contributed by atoms with Crippen molar-refractivity contribution in [2.75, 3.05) is 18.6 Å². The molecule has 2 atom stereocenters. The number of nitrogens with zero attached hydrogens (tertiary/aromatic N) is 3. The van der Waals surface area contributed by atoms with Crippen LogP contribution in [0.2, 0.25) is 5.02 Å². The van der Waals surface area contributed by atoms with Gasteiger partial charge in [0, 0.05) is 37.5 Å². The molecule has 1 aromatic heterocycles. The van der Waals surface area contributed by atoms with E-state index >= 15 is 0 Å². The third-order valence-corrected chi connectivity index (χ3v) is 6.16. The van der Waals surface area contributed by atoms with Crippen LogP contribution < -0.4 is 20.7 Å². The summed E-state index contributed by atoms with van der Waals surface area (Å²) in [7, 11) is 3.94. The van der Waals surface area contributed by atoms with Gasteiger partial charge in [-0.1, -0.05) is 35.9 Å². The molecule has 1 aliphatic rings. The number of carbonyl (C=O) groups is 2. The van der Waals surface area contributed by atoms with Crippen molar-refractivity contribution in [2.24, 2.45) is 12.8 Å². The second-order valence-electron chi connectivity index (χ2n) is 8.11. The van der Waals surface area contributed by atoms with Crippen LogP contribution in [-0.4, -0.2) is 41.1 Å². The molecule has 0 saturated carbocycles. The van der Waals surface area contributed by atoms with Gasteiger partial charge in [-0.15, -0.1) is 0 Å². The number of primary amides is 1. The minimum Gasteiger partial charge on any atom is -0.492 e. The number of hydrogen-bond donors (Lipinski definition) is 2. The number of amides is 2. The Hall–Kier alpha value is -3.52. The Balaban J connectivity index is 1.58. The lowest BCUT2D eigenvalue weighted by atomic mass is 9.96. The van der Waals surface area contributed by atoms with Gasteiger partial charge in [0.05, 0.1) is 30.7 Å². The molecular weight excluding hydrogens is 442 g/mol. The molecule has 0 fully saturated rings. The number of rotatable bonds is 7. The van der Waals surface area contributed by atoms with Crippen molar-refractivity contribution in [3.05, 3.63) is 76.7 Å². The first-order chi connectivity index (χ1) is 15.8. The fourth-order valence-corrected chi connectivity index (χ4v) is 4.28. The summed E-state index contributed by atoms with van der Waals surface area (Å²) in [6, 6.07) is 11.7. The van der Waals surface area contributed by atoms with E-state index in [4.69, 9.17) is 22.1 Å². The lowest BCUT2D eigenvalue weighted by Gasteiger charge is -2.35. The number of ether oxygens (including phenoxy) is 1. The molecule has 0 radical (unpaired) electrons. The lowest BCUT2D eigenvalue weighted by molar-refractivity contribution is -0.119. The Morgan fingerprint density at radius 3 is 2.73 bits per heavy atom. The molecule has 3 aromatic rings. The summed E-state index contributed by atoms with van der Waals surface area (Å²) in [5.74, 6) is 0.459. The fraction of sp³-hybridized carbons (Fsp3) is 0.292. The third-order valence-electron chi connectivity index (χ3n) is 5.91. The van der Waals surface area contributed by atoms with E-state index in [1.165, 1.54) is 0 Å². The van der Waals surface area contributed by atoms with Crippen LogP contribution in [-0.2, 0) is 18.3 Å². The zero-order chi connectivity index (χ0) is 23.5. The van der Waals surface area contributed by atoms with Crippen molar-refractivity contribution in [3.8, 4) is 5.75 Å². The molecule has 2 heterocycles. The van der Waals surface area contributed by atoms with Crippen LogP contribution in [0.4, 0.5) is 5.82 Å². The van der Waals surface area contributed by atoms with E-state index in [2.05, 4.69) is 15.2 Å². The molecule has 3 N–H and O–H groups in total. The second kappa shape index (κ2) is 9.54. The van der Waals surface area contributed by atoms with Crippen LogP contribution in [0.1, 0.15) is 33.9 Å². The lowest BCUT2D eigenvalue weighted by Crippen LogP contribution is -2.46. The van der Waals surface area contributed by atoms with Crippen molar-refractivity contribution in [1.29, 1.82) is 0 Å². The Labute approximate surface area is 197 Å². The zero-order valence-corrected chi connectivity index (χ0v) is 19.2. The first-order valence-corrected chi connectivity index (χ1v) is 11.0. The molecular formula is C24H26ClN5O3. The van der Waals surface area contributed by atoms with Crippen LogP contribution in [0.25, 0.3) is 0 Å². The van der Waals surface area contributed by atoms with Gasteiger partial charge in [-0.2, -0.15) is 0 Å². The van der Waals surface area contributed by atoms with Gasteiger partial charge in [-0.25, -0.2) is 4.98 Å². The highest BCUT2D eigenvalue weighted by molar-refractivity contribution is 6.30. The number of aromatic nitrogens is 2. The number of carbonyl (C=O) groups excluding carboxylic acids is 2. The SMILES string of the molecule is CN(c1cncn1C)[C@H]1CCOc2c(C(=O)N[C@@H](Cc3ccc(Cl)cc3)C(N)=O)cccc21. The predicted octanol–water partition coefficient (Wildman–Crippen LogP) is 2.86. The predicted molar refractivity (Wildman–Crippen MR) is 127 cm³/mol. The molecule has 4 rings (SSSR count). The van der Waals surface area contributed by atoms with Crippen molar-refractivity contribution in [3.63, 3.8) is 0 Å². The third kappa shape index (κ3) is 4.80. The van der Waals surface area contributed by atoms with E-state index < -0.39 is 17.9 Å². The number of benzene rings is 2. The minimum atomic E-state index is -0.869. The van der Waals surface area contributed by atoms with Gasteiger partial charge in [-0.3, -0.25) is 9.59 Å². The van der Waals surface area contributed by atoms with E-state index in [1.807, 2.05) is 30.8 Å². The molecule has 9 heteroatoms. The van der Waals surface area contributed by atoms with E-state index in [9.17, 15) is 9.59 Å². The van der Waals surface area contributed by atoms with Crippen molar-refractivity contribution >= 4 is 29.2 Å². The van der Waals surface area contributed by atoms with Crippen LogP contribution >= 0.6 is 11.6 Å². The van der Waals surface area contributed by atoms with Crippen LogP contribution in [0.15, 0.2) is 55.0 Å². The van der Waals surface area contributed by atoms with Crippen molar-refractivity contribution in [2.45, 2.75) is 24.9 Å². The maximum absolute atomic E-state index is 13.2. The highest BCUT2D eigenvalue weighted by Gasteiger charge is 2.30. The molecule has 2 aromatic carbocycles. The van der Waals surface area contributed by atoms with Crippen LogP contribution in [0.5, 0.6) is 5.75 Å². The number of hydrogen-bond acceptors (Lipinski definition) is 5. The molecule has 0 unspecified atom stereocenters. The summed E-state index contributed by atoms with van der Waals surface area (Å²) in [4.78, 5) is 31.6. The van der Waals surface area contributed by atoms with Gasteiger partial charge in [0.2, 0.25) is 5.91 Å². The molecule has 8 nitrogen and oxygen atoms in total. The zero-order valence-electron chi connectivity index (χ0n) is 18.5. The van der Waals surface area contributed by atoms with Crippen molar-refractivity contribution in [1.82, 2.24) is 14.9 Å². The van der Waals surface area contributed by atoms with Crippen molar-refractivity contribution < 1.29 is 14.3 Å². The number of nitrogens with two attached hydrogens (primary N) is 1. The molecule has 0 saturated heterocycles. The van der Waals surface area contributed by atoms with Gasteiger partial charge in [0.1, 0.15) is 17.6 Å². The molecule has 0 bridgehead atoms. The maximum Gasteiger partial charge on any atom is 0.255 e. The van der Waals surface area contributed by atoms with E-state index in [-0.39, 0.29) is 12.5 Å². The molecule has 1 aliphatic heterocycles. The van der Waals surface area contributed by atoms with Crippen LogP contribution in [0, 0.1) is 0 Å². The number of aryl methyl sites for hydroxylation is 1. The largest absolute Gasteiger partial charge is 0.492 e. The molecule has 2 amide bonds. The average Bonchev–Trinajstić information content (AvgIpc) is 3.24. The van der Waals surface area contributed by atoms with Gasteiger partial charge >= 0.3 is 0 Å². The number of para-hydroxylation sites is 1. The second-order valence-corrected chi connectivity index (χ2v) is 8.55. The summed E-state index contributed by atoms with van der Waals surface area (Å²) in [6.07, 6.45) is 4.58. The summed E-state index contributed by atoms with van der Waals surface area (Å²) in [6.45, 7) is 0.466. The molecule has 0 spiro atoms. The number of fused-ring (bicyclic) bond motifs is 1. The van der Waals surface area contributed by atoms with E-state index in [0.717, 1.165) is 23.4 Å². The monoisotopic (exact) mass is 467 g/mol. The van der Waals surface area contributed by atoms with Gasteiger partial charge < -0.3 is 25.3 Å². The van der Waals surface area contributed by atoms with Gasteiger partial charge in [-0.05, 0) is 23.8 Å². The highest BCUT2D eigenvalue weighted by Crippen LogP contribution is 2.39. The van der Waals surface area contributed by atoms with E-state index in [0.29, 0.717) is 22.9 Å². The minimum absolute atomic E-state index is 0.0119. The first-order valence-electron chi connectivity index (χ1n) is 10.6. The Morgan fingerprint density at radius 1 is 1.30 bits per heavy atom. The number of imidazole rings is 1. The summed E-state index contributed by atoms with van der Waals surface area (Å²) < 4.78 is 7.88. The first kappa shape index (κ1) is 22.7. The Bertz CT molecular complexity index is 1160. The summed E-state index contributed by atoms with van der Waals surface area (Å²) >= 11 is 5.93. The maximum atomic E-state index is 13.2. The molecule has 172 valence electrons. The standard InChI is InChI=1S/C24H26ClN5O3/c1-29-14-27-13-21(29)30(2)20-10-11-33-22-17(20)4-3-5-18(22)24(32)28-19(23(26)31)12-15-6-8-16(25)9-7-15/h3-9,13-14,19-20H,10-12H2,1-2H3,(H2,26,31)(H,28,32)/t19-,20-/m0/s1. The number of nitrogens with one attached hydrogen (secondary N) is 1. The van der Waals surface area contributed by atoms with Gasteiger partial charge in [0.15, 0.2) is 0 Å². The molecule has 33 heavy (non-hydrogen) atoms. The Morgan fingerprint density at radius 2 is 2.06 bits per heavy atom. The highest BCUT2D eigenvalue weighted by atomic mass is 35.5. The number of halogens is 1. The fourth-order valence-electron chi connectivity index (χ4n) is 4.15. The summed E-state index contributed by atoms with van der Waals surface area (Å²) in [5, 5.41) is 3.37. The smallest absolute Gasteiger partial charge is 0.255 e. The van der Waals surface area contributed by atoms with E-state index in [1.54, 1.807) is 42.9 Å². The van der Waals surface area contributed by atoms with Gasteiger partial charge in [0.25, 0.3) is 5.91 Å². The number of anilines is 1. The van der Waals surface area contributed by atoms with Crippen LogP contribution in [0.3, 0.4) is 0 Å². The normalized spacial score (nSPS) is 15.8.